The molecule has 2 N–H and O–H groups in total. The van der Waals surface area contributed by atoms with E-state index in [1.807, 2.05) is 0 Å². The standard InChI is InChI=1S/C32H38N2O3/c1-21(2)24-14-15-28(37-3)25(18-24)19-33-30-26-16-17-34(20-27(26)32(35)36)31(30)29(22-10-6-4-7-11-22)23-12-8-5-9-13-23/h4-15,18,21,26-27,29-31,33H,16-17,19-20H2,1-3H3,(H,35,36)/t26-,27-,30+,31+/m0/s1. The number of carboxylic acid groups (broad SMARTS) is 1. The van der Waals surface area contributed by atoms with E-state index in [9.17, 15) is 9.90 Å². The van der Waals surface area contributed by atoms with Gasteiger partial charge in [-0.3, -0.25) is 9.69 Å². The SMILES string of the molecule is COc1ccc(C(C)C)cc1CN[C@@H]1[C@H]2CCN(C[C@@H]2C(=O)O)[C@@H]1C(c1ccccc1)c1ccccc1. The number of rotatable bonds is 9. The summed E-state index contributed by atoms with van der Waals surface area (Å²) in [6, 6.07) is 28.0. The number of nitrogens with one attached hydrogen (secondary N) is 1. The van der Waals surface area contributed by atoms with Crippen molar-refractivity contribution in [3.05, 3.63) is 101 Å². The molecule has 6 rings (SSSR count). The van der Waals surface area contributed by atoms with E-state index in [4.69, 9.17) is 4.74 Å². The molecule has 37 heavy (non-hydrogen) atoms. The molecule has 194 valence electrons. The van der Waals surface area contributed by atoms with E-state index in [1.165, 1.54) is 16.7 Å². The predicted octanol–water partition coefficient (Wildman–Crippen LogP) is 5.51. The van der Waals surface area contributed by atoms with Crippen molar-refractivity contribution >= 4 is 5.97 Å². The van der Waals surface area contributed by atoms with Crippen LogP contribution in [0, 0.1) is 11.8 Å². The summed E-state index contributed by atoms with van der Waals surface area (Å²) in [6.07, 6.45) is 0.893. The smallest absolute Gasteiger partial charge is 0.308 e. The quantitative estimate of drug-likeness (QED) is 0.407. The first kappa shape index (κ1) is 25.5. The molecule has 0 amide bonds. The minimum Gasteiger partial charge on any atom is -0.496 e. The molecular formula is C32H38N2O3. The van der Waals surface area contributed by atoms with Gasteiger partial charge in [0.1, 0.15) is 5.75 Å². The molecule has 2 bridgehead atoms. The van der Waals surface area contributed by atoms with Crippen LogP contribution in [0.25, 0.3) is 0 Å². The lowest BCUT2D eigenvalue weighted by molar-refractivity contribution is -0.152. The van der Waals surface area contributed by atoms with Gasteiger partial charge in [-0.15, -0.1) is 0 Å². The number of nitrogens with zero attached hydrogens (tertiary/aromatic N) is 1. The third-order valence-electron chi connectivity index (χ3n) is 8.42. The molecule has 3 saturated heterocycles. The van der Waals surface area contributed by atoms with Crippen LogP contribution in [-0.2, 0) is 11.3 Å². The van der Waals surface area contributed by atoms with E-state index in [2.05, 4.69) is 103 Å². The van der Waals surface area contributed by atoms with Gasteiger partial charge in [0.25, 0.3) is 0 Å². The number of hydrogen-bond donors (Lipinski definition) is 2. The third kappa shape index (κ3) is 5.16. The van der Waals surface area contributed by atoms with Gasteiger partial charge in [0.15, 0.2) is 0 Å². The Morgan fingerprint density at radius 2 is 1.65 bits per heavy atom. The molecule has 3 aromatic rings. The highest BCUT2D eigenvalue weighted by Gasteiger charge is 2.52. The fourth-order valence-corrected chi connectivity index (χ4v) is 6.56. The van der Waals surface area contributed by atoms with Crippen molar-refractivity contribution in [1.29, 1.82) is 0 Å². The van der Waals surface area contributed by atoms with Gasteiger partial charge in [0, 0.05) is 36.7 Å². The number of ether oxygens (including phenoxy) is 1. The summed E-state index contributed by atoms with van der Waals surface area (Å²) in [7, 11) is 1.71. The maximum absolute atomic E-state index is 12.3. The van der Waals surface area contributed by atoms with Crippen molar-refractivity contribution in [1.82, 2.24) is 10.2 Å². The van der Waals surface area contributed by atoms with Crippen LogP contribution in [0.4, 0.5) is 0 Å². The Labute approximate surface area is 220 Å². The minimum absolute atomic E-state index is 0.0291. The van der Waals surface area contributed by atoms with Crippen molar-refractivity contribution in [2.24, 2.45) is 11.8 Å². The van der Waals surface area contributed by atoms with Crippen LogP contribution in [-0.4, -0.2) is 48.3 Å². The highest BCUT2D eigenvalue weighted by atomic mass is 16.5. The van der Waals surface area contributed by atoms with Gasteiger partial charge in [-0.2, -0.15) is 0 Å². The zero-order valence-corrected chi connectivity index (χ0v) is 22.0. The number of carbonyl (C=O) groups is 1. The molecule has 0 aliphatic carbocycles. The second-order valence-electron chi connectivity index (χ2n) is 10.8. The molecular weight excluding hydrogens is 460 g/mol. The van der Waals surface area contributed by atoms with Crippen LogP contribution in [0.3, 0.4) is 0 Å². The van der Waals surface area contributed by atoms with Crippen LogP contribution >= 0.6 is 0 Å². The van der Waals surface area contributed by atoms with E-state index in [0.29, 0.717) is 19.0 Å². The number of hydrogen-bond acceptors (Lipinski definition) is 4. The van der Waals surface area contributed by atoms with Crippen molar-refractivity contribution in [2.45, 2.75) is 50.7 Å². The molecule has 3 heterocycles. The van der Waals surface area contributed by atoms with Gasteiger partial charge >= 0.3 is 5.97 Å². The van der Waals surface area contributed by atoms with Crippen molar-refractivity contribution < 1.29 is 14.6 Å². The summed E-state index contributed by atoms with van der Waals surface area (Å²) < 4.78 is 5.71. The average molecular weight is 499 g/mol. The van der Waals surface area contributed by atoms with Gasteiger partial charge in [-0.05, 0) is 47.6 Å². The summed E-state index contributed by atoms with van der Waals surface area (Å²) in [5.41, 5.74) is 4.93. The van der Waals surface area contributed by atoms with E-state index in [1.54, 1.807) is 7.11 Å². The Morgan fingerprint density at radius 1 is 1.00 bits per heavy atom. The molecule has 0 saturated carbocycles. The normalized spacial score (nSPS) is 24.9. The molecule has 3 fully saturated rings. The van der Waals surface area contributed by atoms with Crippen LogP contribution in [0.15, 0.2) is 78.9 Å². The average Bonchev–Trinajstić information content (AvgIpc) is 2.93. The molecule has 3 aliphatic heterocycles. The second-order valence-corrected chi connectivity index (χ2v) is 10.8. The first-order valence-electron chi connectivity index (χ1n) is 13.4. The number of carboxylic acids is 1. The lowest BCUT2D eigenvalue weighted by Crippen LogP contribution is -2.68. The summed E-state index contributed by atoms with van der Waals surface area (Å²) in [6.45, 7) is 6.57. The zero-order chi connectivity index (χ0) is 25.9. The van der Waals surface area contributed by atoms with Gasteiger partial charge in [-0.1, -0.05) is 86.6 Å². The molecule has 5 nitrogen and oxygen atoms in total. The number of benzene rings is 3. The molecule has 0 aromatic heterocycles. The maximum Gasteiger partial charge on any atom is 0.308 e. The highest BCUT2D eigenvalue weighted by molar-refractivity contribution is 5.71. The van der Waals surface area contributed by atoms with Crippen LogP contribution in [0.1, 0.15) is 54.4 Å². The maximum atomic E-state index is 12.3. The van der Waals surface area contributed by atoms with Gasteiger partial charge in [0.2, 0.25) is 0 Å². The second kappa shape index (κ2) is 11.1. The largest absolute Gasteiger partial charge is 0.496 e. The number of aliphatic carboxylic acids is 1. The first-order valence-corrected chi connectivity index (χ1v) is 13.4. The number of methoxy groups -OCH3 is 1. The predicted molar refractivity (Wildman–Crippen MR) is 147 cm³/mol. The Morgan fingerprint density at radius 3 is 2.22 bits per heavy atom. The Hall–Kier alpha value is -3.15. The van der Waals surface area contributed by atoms with Crippen molar-refractivity contribution in [2.75, 3.05) is 20.2 Å². The van der Waals surface area contributed by atoms with Gasteiger partial charge in [0.05, 0.1) is 13.0 Å². The minimum atomic E-state index is -0.685. The van der Waals surface area contributed by atoms with Gasteiger partial charge in [-0.25, -0.2) is 0 Å². The lowest BCUT2D eigenvalue weighted by atomic mass is 9.66. The molecule has 5 heteroatoms. The topological polar surface area (TPSA) is 61.8 Å². The van der Waals surface area contributed by atoms with Crippen LogP contribution in [0.5, 0.6) is 5.75 Å². The van der Waals surface area contributed by atoms with Crippen LogP contribution in [0.2, 0.25) is 0 Å². The molecule has 3 aliphatic rings. The Kier molecular flexibility index (Phi) is 7.63. The summed E-state index contributed by atoms with van der Waals surface area (Å²) in [5.74, 6) is 0.454. The highest BCUT2D eigenvalue weighted by Crippen LogP contribution is 2.44. The Bertz CT molecular complexity index is 1160. The molecule has 1 unspecified atom stereocenters. The molecule has 5 atom stereocenters. The van der Waals surface area contributed by atoms with E-state index < -0.39 is 5.97 Å². The molecule has 3 aromatic carbocycles. The van der Waals surface area contributed by atoms with Gasteiger partial charge < -0.3 is 15.2 Å². The number of fused-ring (bicyclic) bond motifs is 3. The fourth-order valence-electron chi connectivity index (χ4n) is 6.56. The van der Waals surface area contributed by atoms with E-state index in [-0.39, 0.29) is 29.8 Å². The monoisotopic (exact) mass is 498 g/mol. The van der Waals surface area contributed by atoms with E-state index >= 15 is 0 Å². The number of piperidine rings is 3. The Balaban J connectivity index is 1.54. The van der Waals surface area contributed by atoms with Crippen molar-refractivity contribution in [3.8, 4) is 5.75 Å². The molecule has 0 radical (unpaired) electrons. The fraction of sp³-hybridized carbons (Fsp3) is 0.406. The lowest BCUT2D eigenvalue weighted by Gasteiger charge is -2.56. The van der Waals surface area contributed by atoms with Crippen LogP contribution < -0.4 is 10.1 Å². The third-order valence-corrected chi connectivity index (χ3v) is 8.42. The summed E-state index contributed by atoms with van der Waals surface area (Å²) in [4.78, 5) is 14.8. The summed E-state index contributed by atoms with van der Waals surface area (Å²) >= 11 is 0. The zero-order valence-electron chi connectivity index (χ0n) is 22.0. The molecule has 0 spiro atoms. The first-order chi connectivity index (χ1) is 18.0. The van der Waals surface area contributed by atoms with Crippen molar-refractivity contribution in [3.63, 3.8) is 0 Å². The summed E-state index contributed by atoms with van der Waals surface area (Å²) in [5, 5.41) is 14.0. The van der Waals surface area contributed by atoms with E-state index in [0.717, 1.165) is 24.3 Å².